The molecule has 1 saturated carbocycles. The summed E-state index contributed by atoms with van der Waals surface area (Å²) in [5.41, 5.74) is 0. The summed E-state index contributed by atoms with van der Waals surface area (Å²) in [7, 11) is 0. The number of carbonyl (C=O) groups excluding carboxylic acids is 1. The van der Waals surface area contributed by atoms with Gasteiger partial charge in [0.2, 0.25) is 0 Å². The molecule has 0 heterocycles. The summed E-state index contributed by atoms with van der Waals surface area (Å²) >= 11 is 0. The Morgan fingerprint density at radius 2 is 2.00 bits per heavy atom. The summed E-state index contributed by atoms with van der Waals surface area (Å²) in [4.78, 5) is 10.9. The molecule has 0 aromatic heterocycles. The Balaban J connectivity index is 2.07. The number of ether oxygens (including phenoxy) is 2. The van der Waals surface area contributed by atoms with Crippen molar-refractivity contribution >= 4 is 6.16 Å². The van der Waals surface area contributed by atoms with Crippen molar-refractivity contribution in [1.82, 2.24) is 0 Å². The van der Waals surface area contributed by atoms with Gasteiger partial charge in [-0.1, -0.05) is 25.2 Å². The molecule has 78 valence electrons. The van der Waals surface area contributed by atoms with E-state index in [-0.39, 0.29) is 6.61 Å². The smallest absolute Gasteiger partial charge is 0.434 e. The first-order valence-electron chi connectivity index (χ1n) is 5.06. The fourth-order valence-corrected chi connectivity index (χ4v) is 1.68. The predicted octanol–water partition coefficient (Wildman–Crippen LogP) is 2.35. The van der Waals surface area contributed by atoms with Crippen molar-refractivity contribution in [1.29, 1.82) is 0 Å². The summed E-state index contributed by atoms with van der Waals surface area (Å²) in [6, 6.07) is 0. The molecule has 3 heteroatoms. The fourth-order valence-electron chi connectivity index (χ4n) is 1.68. The minimum atomic E-state index is -0.645. The lowest BCUT2D eigenvalue weighted by molar-refractivity contribution is 0.0476. The van der Waals surface area contributed by atoms with Crippen LogP contribution in [0.25, 0.3) is 0 Å². The van der Waals surface area contributed by atoms with Crippen LogP contribution in [0, 0.1) is 18.3 Å². The summed E-state index contributed by atoms with van der Waals surface area (Å²) in [5, 5.41) is 0. The molecule has 1 aliphatic rings. The zero-order chi connectivity index (χ0) is 10.2. The van der Waals surface area contributed by atoms with E-state index in [0.717, 1.165) is 12.8 Å². The Labute approximate surface area is 84.8 Å². The van der Waals surface area contributed by atoms with Crippen LogP contribution in [0.2, 0.25) is 0 Å². The first-order valence-corrected chi connectivity index (χ1v) is 5.06. The molecule has 1 fully saturated rings. The van der Waals surface area contributed by atoms with Crippen LogP contribution in [-0.2, 0) is 9.47 Å². The van der Waals surface area contributed by atoms with E-state index in [1.807, 2.05) is 0 Å². The highest BCUT2D eigenvalue weighted by molar-refractivity contribution is 5.60. The van der Waals surface area contributed by atoms with E-state index in [4.69, 9.17) is 11.2 Å². The Morgan fingerprint density at radius 1 is 1.29 bits per heavy atom. The van der Waals surface area contributed by atoms with Gasteiger partial charge in [-0.25, -0.2) is 4.79 Å². The van der Waals surface area contributed by atoms with Crippen molar-refractivity contribution in [2.45, 2.75) is 32.1 Å². The van der Waals surface area contributed by atoms with E-state index in [1.54, 1.807) is 0 Å². The molecular formula is C11H16O3. The van der Waals surface area contributed by atoms with Crippen LogP contribution in [-0.4, -0.2) is 19.4 Å². The number of terminal acetylenes is 1. The maximum absolute atomic E-state index is 10.9. The van der Waals surface area contributed by atoms with Gasteiger partial charge in [0.15, 0.2) is 6.61 Å². The van der Waals surface area contributed by atoms with Crippen molar-refractivity contribution in [2.24, 2.45) is 5.92 Å². The zero-order valence-corrected chi connectivity index (χ0v) is 8.33. The van der Waals surface area contributed by atoms with Crippen LogP contribution in [0.5, 0.6) is 0 Å². The van der Waals surface area contributed by atoms with Gasteiger partial charge in [-0.2, -0.15) is 0 Å². The Hall–Kier alpha value is -1.17. The van der Waals surface area contributed by atoms with E-state index in [9.17, 15) is 4.79 Å². The number of carbonyl (C=O) groups is 1. The molecule has 0 atom stereocenters. The molecule has 0 radical (unpaired) electrons. The summed E-state index contributed by atoms with van der Waals surface area (Å²) in [6.07, 6.45) is 10.4. The number of rotatable bonds is 3. The minimum Gasteiger partial charge on any atom is -0.434 e. The van der Waals surface area contributed by atoms with Crippen LogP contribution < -0.4 is 0 Å². The van der Waals surface area contributed by atoms with E-state index in [1.165, 1.54) is 19.3 Å². The highest BCUT2D eigenvalue weighted by Gasteiger charge is 2.15. The highest BCUT2D eigenvalue weighted by Crippen LogP contribution is 2.23. The van der Waals surface area contributed by atoms with Gasteiger partial charge in [-0.15, -0.1) is 6.42 Å². The van der Waals surface area contributed by atoms with Gasteiger partial charge in [0.25, 0.3) is 0 Å². The third kappa shape index (κ3) is 4.18. The largest absolute Gasteiger partial charge is 0.509 e. The molecule has 0 saturated heterocycles. The standard InChI is InChI=1S/C11H16O3/c1-2-8-13-11(12)14-9-10-6-4-3-5-7-10/h1,10H,3-9H2. The molecule has 1 aliphatic carbocycles. The summed E-state index contributed by atoms with van der Waals surface area (Å²) in [5.74, 6) is 2.73. The second-order valence-corrected chi connectivity index (χ2v) is 3.56. The van der Waals surface area contributed by atoms with E-state index >= 15 is 0 Å². The van der Waals surface area contributed by atoms with E-state index < -0.39 is 6.16 Å². The van der Waals surface area contributed by atoms with Gasteiger partial charge in [0, 0.05) is 0 Å². The van der Waals surface area contributed by atoms with E-state index in [0.29, 0.717) is 12.5 Å². The highest BCUT2D eigenvalue weighted by atomic mass is 16.7. The second-order valence-electron chi connectivity index (χ2n) is 3.56. The van der Waals surface area contributed by atoms with Gasteiger partial charge in [0.1, 0.15) is 0 Å². The second kappa shape index (κ2) is 6.31. The summed E-state index contributed by atoms with van der Waals surface area (Å²) < 4.78 is 9.51. The van der Waals surface area contributed by atoms with Crippen molar-refractivity contribution in [3.05, 3.63) is 0 Å². The van der Waals surface area contributed by atoms with Crippen LogP contribution in [0.15, 0.2) is 0 Å². The third-order valence-corrected chi connectivity index (χ3v) is 2.43. The molecular weight excluding hydrogens is 180 g/mol. The molecule has 1 rings (SSSR count). The van der Waals surface area contributed by atoms with Crippen LogP contribution in [0.1, 0.15) is 32.1 Å². The minimum absolute atomic E-state index is 0.0104. The molecule has 0 aliphatic heterocycles. The topological polar surface area (TPSA) is 35.5 Å². The quantitative estimate of drug-likeness (QED) is 0.513. The molecule has 14 heavy (non-hydrogen) atoms. The number of hydrogen-bond acceptors (Lipinski definition) is 3. The van der Waals surface area contributed by atoms with Gasteiger partial charge in [0.05, 0.1) is 6.61 Å². The van der Waals surface area contributed by atoms with Gasteiger partial charge >= 0.3 is 6.16 Å². The SMILES string of the molecule is C#CCOC(=O)OCC1CCCCC1. The first kappa shape index (κ1) is 10.9. The predicted molar refractivity (Wildman–Crippen MR) is 52.7 cm³/mol. The third-order valence-electron chi connectivity index (χ3n) is 2.43. The van der Waals surface area contributed by atoms with Crippen molar-refractivity contribution in [2.75, 3.05) is 13.2 Å². The molecule has 0 bridgehead atoms. The maximum Gasteiger partial charge on any atom is 0.509 e. The molecule has 3 nitrogen and oxygen atoms in total. The molecule has 0 spiro atoms. The van der Waals surface area contributed by atoms with Gasteiger partial charge in [-0.05, 0) is 18.8 Å². The molecule has 0 aromatic rings. The lowest BCUT2D eigenvalue weighted by Crippen LogP contribution is -2.17. The Morgan fingerprint density at radius 3 is 2.64 bits per heavy atom. The Kier molecular flexibility index (Phi) is 4.92. The van der Waals surface area contributed by atoms with Gasteiger partial charge < -0.3 is 9.47 Å². The lowest BCUT2D eigenvalue weighted by atomic mass is 9.90. The lowest BCUT2D eigenvalue weighted by Gasteiger charge is -2.20. The van der Waals surface area contributed by atoms with Crippen molar-refractivity contribution in [3.8, 4) is 12.3 Å². The number of hydrogen-bond donors (Lipinski definition) is 0. The molecule has 0 N–H and O–H groups in total. The molecule has 0 amide bonds. The molecule has 0 aromatic carbocycles. The van der Waals surface area contributed by atoms with Crippen molar-refractivity contribution < 1.29 is 14.3 Å². The van der Waals surface area contributed by atoms with Crippen molar-refractivity contribution in [3.63, 3.8) is 0 Å². The molecule has 0 unspecified atom stereocenters. The zero-order valence-electron chi connectivity index (χ0n) is 8.33. The normalized spacial score (nSPS) is 17.1. The first-order chi connectivity index (χ1) is 6.83. The van der Waals surface area contributed by atoms with Crippen LogP contribution >= 0.6 is 0 Å². The fraction of sp³-hybridized carbons (Fsp3) is 0.727. The maximum atomic E-state index is 10.9. The monoisotopic (exact) mass is 196 g/mol. The van der Waals surface area contributed by atoms with Gasteiger partial charge in [-0.3, -0.25) is 0 Å². The average molecular weight is 196 g/mol. The Bertz CT molecular complexity index is 211. The van der Waals surface area contributed by atoms with Crippen LogP contribution in [0.3, 0.4) is 0 Å². The summed E-state index contributed by atoms with van der Waals surface area (Å²) in [6.45, 7) is 0.465. The van der Waals surface area contributed by atoms with E-state index in [2.05, 4.69) is 10.7 Å². The van der Waals surface area contributed by atoms with Crippen LogP contribution in [0.4, 0.5) is 4.79 Å². The average Bonchev–Trinajstić information content (AvgIpc) is 2.25.